The van der Waals surface area contributed by atoms with E-state index in [9.17, 15) is 4.79 Å². The Balaban J connectivity index is 1.77. The molecule has 132 valence electrons. The molecule has 3 rings (SSSR count). The summed E-state index contributed by atoms with van der Waals surface area (Å²) in [4.78, 5) is 16.9. The van der Waals surface area contributed by atoms with E-state index in [1.807, 2.05) is 43.9 Å². The molecule has 2 aliphatic heterocycles. The van der Waals surface area contributed by atoms with E-state index in [1.54, 1.807) is 6.08 Å². The smallest absolute Gasteiger partial charge is 0.411 e. The molecule has 2 saturated heterocycles. The van der Waals surface area contributed by atoms with E-state index in [4.69, 9.17) is 10.00 Å². The van der Waals surface area contributed by atoms with Crippen LogP contribution >= 0.6 is 0 Å². The second-order valence-electron chi connectivity index (χ2n) is 7.79. The molecular weight excluding hydrogens is 314 g/mol. The minimum atomic E-state index is -0.517. The van der Waals surface area contributed by atoms with E-state index in [0.29, 0.717) is 0 Å². The van der Waals surface area contributed by atoms with Crippen molar-refractivity contribution in [1.29, 1.82) is 5.26 Å². The molecule has 5 nitrogen and oxygen atoms in total. The van der Waals surface area contributed by atoms with E-state index in [0.717, 1.165) is 31.6 Å². The Labute approximate surface area is 149 Å². The highest BCUT2D eigenvalue weighted by atomic mass is 16.6. The Hall–Kier alpha value is -2.32. The summed E-state index contributed by atoms with van der Waals surface area (Å²) in [5.74, 6) is 0. The molecule has 0 saturated carbocycles. The van der Waals surface area contributed by atoms with Crippen molar-refractivity contribution in [3.05, 3.63) is 47.5 Å². The normalized spacial score (nSPS) is 25.0. The highest BCUT2D eigenvalue weighted by Gasteiger charge is 2.46. The van der Waals surface area contributed by atoms with Crippen LogP contribution in [-0.2, 0) is 11.3 Å². The van der Waals surface area contributed by atoms with Gasteiger partial charge in [0, 0.05) is 25.7 Å². The van der Waals surface area contributed by atoms with Gasteiger partial charge in [-0.2, -0.15) is 5.26 Å². The summed E-state index contributed by atoms with van der Waals surface area (Å²) in [5, 5.41) is 9.08. The molecule has 0 aromatic heterocycles. The summed E-state index contributed by atoms with van der Waals surface area (Å²) >= 11 is 0. The lowest BCUT2D eigenvalue weighted by molar-refractivity contribution is -0.00353. The van der Waals surface area contributed by atoms with Gasteiger partial charge >= 0.3 is 6.09 Å². The quantitative estimate of drug-likeness (QED) is 0.776. The first-order valence-electron chi connectivity index (χ1n) is 8.73. The fraction of sp³-hybridized carbons (Fsp3) is 0.500. The van der Waals surface area contributed by atoms with Gasteiger partial charge in [-0.25, -0.2) is 4.79 Å². The summed E-state index contributed by atoms with van der Waals surface area (Å²) in [5.41, 5.74) is 1.78. The summed E-state index contributed by atoms with van der Waals surface area (Å²) in [6.07, 6.45) is 2.08. The Morgan fingerprint density at radius 1 is 1.32 bits per heavy atom. The topological polar surface area (TPSA) is 56.6 Å². The van der Waals surface area contributed by atoms with Crippen LogP contribution in [0.15, 0.2) is 42.0 Å². The number of likely N-dealkylation sites (tertiary alicyclic amines) is 1. The van der Waals surface area contributed by atoms with Gasteiger partial charge in [-0.3, -0.25) is 9.80 Å². The summed E-state index contributed by atoms with van der Waals surface area (Å²) in [7, 11) is 0. The zero-order chi connectivity index (χ0) is 18.0. The molecule has 5 heteroatoms. The molecule has 0 N–H and O–H groups in total. The second kappa shape index (κ2) is 6.89. The molecule has 0 spiro atoms. The third-order valence-electron chi connectivity index (χ3n) is 4.63. The fourth-order valence-corrected chi connectivity index (χ4v) is 3.71. The van der Waals surface area contributed by atoms with Crippen molar-refractivity contribution in [2.75, 3.05) is 13.1 Å². The van der Waals surface area contributed by atoms with Crippen LogP contribution in [0.3, 0.4) is 0 Å². The Morgan fingerprint density at radius 2 is 2.04 bits per heavy atom. The van der Waals surface area contributed by atoms with Crippen molar-refractivity contribution >= 4 is 6.09 Å². The van der Waals surface area contributed by atoms with Gasteiger partial charge in [0.15, 0.2) is 0 Å². The Kier molecular flexibility index (Phi) is 4.82. The van der Waals surface area contributed by atoms with Gasteiger partial charge < -0.3 is 4.74 Å². The first kappa shape index (κ1) is 17.5. The Bertz CT molecular complexity index is 700. The number of carbonyl (C=O) groups is 1. The number of ether oxygens (including phenoxy) is 1. The zero-order valence-electron chi connectivity index (χ0n) is 15.1. The molecule has 2 fully saturated rings. The number of benzene rings is 1. The molecule has 2 atom stereocenters. The van der Waals surface area contributed by atoms with Crippen LogP contribution in [0.25, 0.3) is 0 Å². The average molecular weight is 339 g/mol. The molecule has 2 aliphatic rings. The molecular formula is C20H25N3O2. The van der Waals surface area contributed by atoms with Gasteiger partial charge in [0.05, 0.1) is 18.2 Å². The van der Waals surface area contributed by atoms with Crippen molar-refractivity contribution in [3.8, 4) is 6.07 Å². The molecule has 2 heterocycles. The average Bonchev–Trinajstić information content (AvgIpc) is 2.75. The third kappa shape index (κ3) is 4.02. The van der Waals surface area contributed by atoms with Crippen LogP contribution in [-0.4, -0.2) is 46.7 Å². The minimum absolute atomic E-state index is 0.0666. The summed E-state index contributed by atoms with van der Waals surface area (Å²) in [6.45, 7) is 8.03. The van der Waals surface area contributed by atoms with Crippen LogP contribution in [0.1, 0.15) is 32.8 Å². The van der Waals surface area contributed by atoms with Gasteiger partial charge in [-0.1, -0.05) is 30.3 Å². The Morgan fingerprint density at radius 3 is 2.68 bits per heavy atom. The molecule has 1 amide bonds. The number of piperazine rings is 1. The molecule has 0 radical (unpaired) electrons. The lowest BCUT2D eigenvalue weighted by Gasteiger charge is -2.41. The molecule has 0 aliphatic carbocycles. The lowest BCUT2D eigenvalue weighted by atomic mass is 10.1. The van der Waals surface area contributed by atoms with Gasteiger partial charge in [0.1, 0.15) is 5.60 Å². The maximum absolute atomic E-state index is 12.7. The van der Waals surface area contributed by atoms with Gasteiger partial charge in [0.25, 0.3) is 0 Å². The minimum Gasteiger partial charge on any atom is -0.444 e. The second-order valence-corrected chi connectivity index (χ2v) is 7.79. The van der Waals surface area contributed by atoms with Gasteiger partial charge in [-0.15, -0.1) is 0 Å². The third-order valence-corrected chi connectivity index (χ3v) is 4.63. The maximum atomic E-state index is 12.7. The van der Waals surface area contributed by atoms with E-state index in [1.165, 1.54) is 5.56 Å². The molecule has 2 bridgehead atoms. The molecule has 25 heavy (non-hydrogen) atoms. The number of rotatable bonds is 2. The molecule has 2 unspecified atom stereocenters. The highest BCUT2D eigenvalue weighted by molar-refractivity contribution is 5.71. The predicted octanol–water partition coefficient (Wildman–Crippen LogP) is 3.33. The van der Waals surface area contributed by atoms with Gasteiger partial charge in [-0.05, 0) is 38.3 Å². The fourth-order valence-electron chi connectivity index (χ4n) is 3.71. The standard InChI is InChI=1S/C20H25N3O2/c1-20(2,3)25-19(24)23-17-11-16(9-10-21)18(23)14-22(13-17)12-15-7-5-4-6-8-15/h4-9,17-18H,11-14H2,1-3H3. The summed E-state index contributed by atoms with van der Waals surface area (Å²) in [6, 6.07) is 12.5. The summed E-state index contributed by atoms with van der Waals surface area (Å²) < 4.78 is 5.60. The van der Waals surface area contributed by atoms with Crippen molar-refractivity contribution in [2.24, 2.45) is 0 Å². The van der Waals surface area contributed by atoms with Crippen LogP contribution in [0.5, 0.6) is 0 Å². The lowest BCUT2D eigenvalue weighted by Crippen LogP contribution is -2.56. The number of allylic oxidation sites excluding steroid dienone is 1. The van der Waals surface area contributed by atoms with Crippen LogP contribution < -0.4 is 0 Å². The van der Waals surface area contributed by atoms with Crippen molar-refractivity contribution in [1.82, 2.24) is 9.80 Å². The van der Waals surface area contributed by atoms with Crippen molar-refractivity contribution in [2.45, 2.75) is 51.4 Å². The highest BCUT2D eigenvalue weighted by Crippen LogP contribution is 2.36. The van der Waals surface area contributed by atoms with E-state index in [-0.39, 0.29) is 18.2 Å². The van der Waals surface area contributed by atoms with Crippen LogP contribution in [0, 0.1) is 11.3 Å². The van der Waals surface area contributed by atoms with Crippen LogP contribution in [0.2, 0.25) is 0 Å². The molecule has 1 aromatic carbocycles. The first-order chi connectivity index (χ1) is 11.9. The monoisotopic (exact) mass is 339 g/mol. The number of nitrogens with zero attached hydrogens (tertiary/aromatic N) is 3. The number of amides is 1. The van der Waals surface area contributed by atoms with E-state index >= 15 is 0 Å². The largest absolute Gasteiger partial charge is 0.444 e. The van der Waals surface area contributed by atoms with Crippen molar-refractivity contribution in [3.63, 3.8) is 0 Å². The first-order valence-corrected chi connectivity index (χ1v) is 8.73. The number of hydrogen-bond donors (Lipinski definition) is 0. The van der Waals surface area contributed by atoms with Crippen molar-refractivity contribution < 1.29 is 9.53 Å². The van der Waals surface area contributed by atoms with Gasteiger partial charge in [0.2, 0.25) is 0 Å². The van der Waals surface area contributed by atoms with E-state index < -0.39 is 5.60 Å². The van der Waals surface area contributed by atoms with E-state index in [2.05, 4.69) is 23.1 Å². The number of carbonyl (C=O) groups excluding carboxylic acids is 1. The zero-order valence-corrected chi connectivity index (χ0v) is 15.1. The SMILES string of the molecule is CC(C)(C)OC(=O)N1C2CC(=CC#N)C1CN(Cc1ccccc1)C2. The number of fused-ring (bicyclic) bond motifs is 2. The molecule has 1 aromatic rings. The number of nitriles is 1. The maximum Gasteiger partial charge on any atom is 0.411 e. The van der Waals surface area contributed by atoms with Crippen LogP contribution in [0.4, 0.5) is 4.79 Å². The predicted molar refractivity (Wildman–Crippen MR) is 95.7 cm³/mol. The number of hydrogen-bond acceptors (Lipinski definition) is 4.